The third-order valence-electron chi connectivity index (χ3n) is 4.45. The molecule has 2 N–H and O–H groups in total. The number of carbonyl (C=O) groups excluding carboxylic acids is 2. The number of hydrogen-bond donors (Lipinski definition) is 2. The Balaban J connectivity index is 2.51. The highest BCUT2D eigenvalue weighted by atomic mass is 16.6. The normalized spacial score (nSPS) is 13.6. The molecule has 0 aromatic heterocycles. The average Bonchev–Trinajstić information content (AvgIpc) is 2.64. The molecule has 0 fully saturated rings. The summed E-state index contributed by atoms with van der Waals surface area (Å²) in [5, 5.41) is 11.5. The van der Waals surface area contributed by atoms with E-state index in [9.17, 15) is 14.4 Å². The van der Waals surface area contributed by atoms with Crippen molar-refractivity contribution in [2.24, 2.45) is 5.92 Å². The molecular weight excluding hydrogens is 382 g/mol. The van der Waals surface area contributed by atoms with Crippen molar-refractivity contribution in [2.45, 2.75) is 71.3 Å². The van der Waals surface area contributed by atoms with Gasteiger partial charge >= 0.3 is 11.9 Å². The summed E-state index contributed by atoms with van der Waals surface area (Å²) in [5.74, 6) is -1.62. The van der Waals surface area contributed by atoms with Gasteiger partial charge in [0.2, 0.25) is 5.91 Å². The summed E-state index contributed by atoms with van der Waals surface area (Å²) in [5.41, 5.74) is 0.215. The molecule has 1 aromatic carbocycles. The first-order valence-corrected chi connectivity index (χ1v) is 10.5. The summed E-state index contributed by atoms with van der Waals surface area (Å²) in [7, 11) is 0. The molecule has 1 amide bonds. The number of amides is 1. The minimum absolute atomic E-state index is 0.0955. The third kappa shape index (κ3) is 11.4. The van der Waals surface area contributed by atoms with Crippen molar-refractivity contribution in [3.05, 3.63) is 48.0 Å². The van der Waals surface area contributed by atoms with Gasteiger partial charge in [0.1, 0.15) is 5.60 Å². The van der Waals surface area contributed by atoms with Gasteiger partial charge in [-0.1, -0.05) is 49.4 Å². The number of rotatable bonds is 12. The standard InChI is InChI=1S/C24H35NO5/c1-18(12-8-5-6-11-15-22(27)28)16-21(26)25-17-20(19-13-9-7-10-14-19)23(29)30-24(2,3)4/h5-7,9-10,13-14,18,20H,8,11-12,15-17H2,1-4H3,(H,25,26)(H,27,28). The van der Waals surface area contributed by atoms with Gasteiger partial charge in [0.15, 0.2) is 0 Å². The first kappa shape index (κ1) is 25.4. The maximum atomic E-state index is 12.6. The highest BCUT2D eigenvalue weighted by Crippen LogP contribution is 2.20. The summed E-state index contributed by atoms with van der Waals surface area (Å²) in [6, 6.07) is 9.33. The van der Waals surface area contributed by atoms with E-state index in [1.807, 2.05) is 70.2 Å². The second kappa shape index (κ2) is 12.8. The third-order valence-corrected chi connectivity index (χ3v) is 4.45. The predicted octanol–water partition coefficient (Wildman–Crippen LogP) is 4.46. The van der Waals surface area contributed by atoms with Crippen LogP contribution in [0.25, 0.3) is 0 Å². The quantitative estimate of drug-likeness (QED) is 0.387. The molecule has 1 rings (SSSR count). The average molecular weight is 418 g/mol. The molecule has 6 nitrogen and oxygen atoms in total. The fourth-order valence-electron chi connectivity index (χ4n) is 2.93. The van der Waals surface area contributed by atoms with Crippen molar-refractivity contribution >= 4 is 17.8 Å². The number of allylic oxidation sites excluding steroid dienone is 2. The fourth-order valence-corrected chi connectivity index (χ4v) is 2.93. The smallest absolute Gasteiger partial charge is 0.315 e. The molecule has 0 saturated heterocycles. The maximum absolute atomic E-state index is 12.6. The number of aliphatic carboxylic acids is 1. The fraction of sp³-hybridized carbons (Fsp3) is 0.542. The SMILES string of the molecule is CC(CCC=CCCC(=O)O)CC(=O)NCC(C(=O)OC(C)(C)C)c1ccccc1. The maximum Gasteiger partial charge on any atom is 0.315 e. The molecule has 0 aliphatic rings. The van der Waals surface area contributed by atoms with Crippen molar-refractivity contribution in [2.75, 3.05) is 6.54 Å². The molecule has 0 saturated carbocycles. The van der Waals surface area contributed by atoms with Gasteiger partial charge in [0.05, 0.1) is 5.92 Å². The Kier molecular flexibility index (Phi) is 10.9. The van der Waals surface area contributed by atoms with Crippen LogP contribution in [0.1, 0.15) is 71.3 Å². The molecule has 0 heterocycles. The topological polar surface area (TPSA) is 92.7 Å². The van der Waals surface area contributed by atoms with Crippen LogP contribution >= 0.6 is 0 Å². The van der Waals surface area contributed by atoms with E-state index in [0.29, 0.717) is 12.8 Å². The van der Waals surface area contributed by atoms with Gasteiger partial charge in [0, 0.05) is 19.4 Å². The lowest BCUT2D eigenvalue weighted by Crippen LogP contribution is -2.36. The highest BCUT2D eigenvalue weighted by molar-refractivity contribution is 5.81. The van der Waals surface area contributed by atoms with Crippen molar-refractivity contribution < 1.29 is 24.2 Å². The molecular formula is C24H35NO5. The summed E-state index contributed by atoms with van der Waals surface area (Å²) in [6.07, 6.45) is 6.50. The lowest BCUT2D eigenvalue weighted by molar-refractivity contribution is -0.156. The van der Waals surface area contributed by atoms with E-state index in [0.717, 1.165) is 18.4 Å². The lowest BCUT2D eigenvalue weighted by atomic mass is 9.98. The number of hydrogen-bond acceptors (Lipinski definition) is 4. The van der Waals surface area contributed by atoms with E-state index >= 15 is 0 Å². The van der Waals surface area contributed by atoms with Crippen LogP contribution in [-0.4, -0.2) is 35.1 Å². The van der Waals surface area contributed by atoms with E-state index in [1.54, 1.807) is 0 Å². The number of nitrogens with one attached hydrogen (secondary N) is 1. The molecule has 0 aliphatic heterocycles. The molecule has 0 spiro atoms. The zero-order chi connectivity index (χ0) is 22.6. The van der Waals surface area contributed by atoms with Crippen molar-refractivity contribution in [1.82, 2.24) is 5.32 Å². The molecule has 6 heteroatoms. The van der Waals surface area contributed by atoms with E-state index in [2.05, 4.69) is 5.32 Å². The molecule has 2 atom stereocenters. The monoisotopic (exact) mass is 417 g/mol. The van der Waals surface area contributed by atoms with Crippen LogP contribution in [0.2, 0.25) is 0 Å². The first-order valence-electron chi connectivity index (χ1n) is 10.5. The number of esters is 1. The summed E-state index contributed by atoms with van der Waals surface area (Å²) in [4.78, 5) is 35.5. The molecule has 30 heavy (non-hydrogen) atoms. The van der Waals surface area contributed by atoms with Crippen LogP contribution in [0, 0.1) is 5.92 Å². The van der Waals surface area contributed by atoms with Crippen LogP contribution in [0.15, 0.2) is 42.5 Å². The van der Waals surface area contributed by atoms with Crippen LogP contribution in [0.3, 0.4) is 0 Å². The number of carbonyl (C=O) groups is 3. The van der Waals surface area contributed by atoms with Crippen molar-refractivity contribution in [3.63, 3.8) is 0 Å². The van der Waals surface area contributed by atoms with Gasteiger partial charge in [-0.25, -0.2) is 0 Å². The Morgan fingerprint density at radius 1 is 1.10 bits per heavy atom. The van der Waals surface area contributed by atoms with Crippen molar-refractivity contribution in [1.29, 1.82) is 0 Å². The number of benzene rings is 1. The van der Waals surface area contributed by atoms with Gasteiger partial charge < -0.3 is 15.2 Å². The number of ether oxygens (including phenoxy) is 1. The van der Waals surface area contributed by atoms with E-state index in [1.165, 1.54) is 0 Å². The van der Waals surface area contributed by atoms with Crippen LogP contribution in [0.4, 0.5) is 0 Å². The summed E-state index contributed by atoms with van der Waals surface area (Å²) < 4.78 is 5.53. The molecule has 1 aromatic rings. The second-order valence-corrected chi connectivity index (χ2v) is 8.59. The largest absolute Gasteiger partial charge is 0.481 e. The zero-order valence-corrected chi connectivity index (χ0v) is 18.5. The number of carboxylic acids is 1. The Morgan fingerprint density at radius 3 is 2.33 bits per heavy atom. The lowest BCUT2D eigenvalue weighted by Gasteiger charge is -2.24. The Labute approximate surface area is 179 Å². The molecule has 0 bridgehead atoms. The van der Waals surface area contributed by atoms with Gasteiger partial charge in [-0.15, -0.1) is 0 Å². The first-order chi connectivity index (χ1) is 14.1. The Morgan fingerprint density at radius 2 is 1.73 bits per heavy atom. The molecule has 0 aliphatic carbocycles. The highest BCUT2D eigenvalue weighted by Gasteiger charge is 2.27. The van der Waals surface area contributed by atoms with Crippen LogP contribution in [-0.2, 0) is 19.1 Å². The zero-order valence-electron chi connectivity index (χ0n) is 18.5. The van der Waals surface area contributed by atoms with Crippen LogP contribution < -0.4 is 5.32 Å². The van der Waals surface area contributed by atoms with E-state index in [-0.39, 0.29) is 30.8 Å². The number of carboxylic acid groups (broad SMARTS) is 1. The summed E-state index contributed by atoms with van der Waals surface area (Å²) in [6.45, 7) is 7.67. The molecule has 166 valence electrons. The minimum Gasteiger partial charge on any atom is -0.481 e. The Hall–Kier alpha value is -2.63. The van der Waals surface area contributed by atoms with Gasteiger partial charge in [0.25, 0.3) is 0 Å². The van der Waals surface area contributed by atoms with Crippen LogP contribution in [0.5, 0.6) is 0 Å². The predicted molar refractivity (Wildman–Crippen MR) is 117 cm³/mol. The van der Waals surface area contributed by atoms with Crippen molar-refractivity contribution in [3.8, 4) is 0 Å². The van der Waals surface area contributed by atoms with Gasteiger partial charge in [-0.2, -0.15) is 0 Å². The second-order valence-electron chi connectivity index (χ2n) is 8.59. The molecule has 2 unspecified atom stereocenters. The summed E-state index contributed by atoms with van der Waals surface area (Å²) >= 11 is 0. The Bertz CT molecular complexity index is 706. The van der Waals surface area contributed by atoms with E-state index < -0.39 is 17.5 Å². The van der Waals surface area contributed by atoms with Gasteiger partial charge in [-0.05, 0) is 51.5 Å². The van der Waals surface area contributed by atoms with Gasteiger partial charge in [-0.3, -0.25) is 14.4 Å². The van der Waals surface area contributed by atoms with E-state index in [4.69, 9.17) is 9.84 Å². The molecule has 0 radical (unpaired) electrons. The minimum atomic E-state index is -0.801.